The summed E-state index contributed by atoms with van der Waals surface area (Å²) in [5.74, 6) is 0.875. The molecule has 3 aromatic rings. The van der Waals surface area contributed by atoms with E-state index in [1.54, 1.807) is 12.3 Å². The fourth-order valence-corrected chi connectivity index (χ4v) is 5.46. The smallest absolute Gasteiger partial charge is 0.270 e. The minimum absolute atomic E-state index is 0.136. The Morgan fingerprint density at radius 2 is 1.69 bits per heavy atom. The Kier molecular flexibility index (Phi) is 5.46. The lowest BCUT2D eigenvalue weighted by molar-refractivity contribution is -0.119. The summed E-state index contributed by atoms with van der Waals surface area (Å²) in [6.45, 7) is 3.98. The van der Waals surface area contributed by atoms with E-state index in [0.29, 0.717) is 23.6 Å². The summed E-state index contributed by atoms with van der Waals surface area (Å²) in [4.78, 5) is 26.9. The first kappa shape index (κ1) is 22.1. The van der Waals surface area contributed by atoms with Crippen LogP contribution in [0.4, 0.5) is 5.69 Å². The third kappa shape index (κ3) is 4.49. The number of aromatic amines is 1. The fraction of sp³-hybridized carbons (Fsp3) is 0.481. The number of carbonyl (C=O) groups is 2. The van der Waals surface area contributed by atoms with Crippen molar-refractivity contribution in [2.75, 3.05) is 5.32 Å². The molecule has 6 rings (SSSR count). The lowest BCUT2D eigenvalue weighted by Gasteiger charge is -2.27. The number of H-pyrrole nitrogens is 1. The molecule has 2 heterocycles. The Hall–Kier alpha value is -3.42. The van der Waals surface area contributed by atoms with Gasteiger partial charge >= 0.3 is 0 Å². The number of amides is 2. The second-order valence-corrected chi connectivity index (χ2v) is 10.5. The van der Waals surface area contributed by atoms with Gasteiger partial charge < -0.3 is 10.6 Å². The average Bonchev–Trinajstić information content (AvgIpc) is 3.74. The van der Waals surface area contributed by atoms with E-state index in [2.05, 4.69) is 25.9 Å². The van der Waals surface area contributed by atoms with Crippen molar-refractivity contribution in [3.05, 3.63) is 53.6 Å². The van der Waals surface area contributed by atoms with Gasteiger partial charge in [-0.2, -0.15) is 10.2 Å². The van der Waals surface area contributed by atoms with Crippen LogP contribution in [-0.4, -0.2) is 37.8 Å². The highest BCUT2D eigenvalue weighted by Gasteiger charge is 2.48. The number of nitrogens with zero attached hydrogens (tertiary/aromatic N) is 3. The Morgan fingerprint density at radius 3 is 2.26 bits per heavy atom. The van der Waals surface area contributed by atoms with Crippen LogP contribution in [0.5, 0.6) is 0 Å². The molecular weight excluding hydrogens is 440 g/mol. The summed E-state index contributed by atoms with van der Waals surface area (Å²) in [6.07, 6.45) is 8.32. The standard InChI is InChI=1S/C27H32N6O2/c1-15-23(16(2)32-31-15)17-7-9-20(10-8-17)29-27(35)25(24(18-3-4-18)19-5-6-19)30-26(34)22-13-14-28-33(22)21-11-12-21/h7-10,13-14,18-19,21,24-25H,3-6,11-12H2,1-2H3,(H,29,35)(H,30,34)(H,31,32)/t25-/m0/s1. The fourth-order valence-electron chi connectivity index (χ4n) is 5.46. The molecule has 0 spiro atoms. The molecule has 2 aromatic heterocycles. The monoisotopic (exact) mass is 472 g/mol. The molecule has 3 aliphatic carbocycles. The molecule has 0 bridgehead atoms. The summed E-state index contributed by atoms with van der Waals surface area (Å²) in [5.41, 5.74) is 5.38. The highest BCUT2D eigenvalue weighted by atomic mass is 16.2. The summed E-state index contributed by atoms with van der Waals surface area (Å²) < 4.78 is 1.81. The van der Waals surface area contributed by atoms with E-state index in [-0.39, 0.29) is 17.7 Å². The predicted molar refractivity (Wildman–Crippen MR) is 133 cm³/mol. The SMILES string of the molecule is Cc1n[nH]c(C)c1-c1ccc(NC(=O)[C@@H](NC(=O)c2ccnn2C2CC2)C(C2CC2)C2CC2)cc1. The second-order valence-electron chi connectivity index (χ2n) is 10.5. The average molecular weight is 473 g/mol. The van der Waals surface area contributed by atoms with Crippen LogP contribution in [0.2, 0.25) is 0 Å². The number of aromatic nitrogens is 4. The zero-order valence-corrected chi connectivity index (χ0v) is 20.3. The van der Waals surface area contributed by atoms with Crippen LogP contribution in [0.1, 0.15) is 66.4 Å². The van der Waals surface area contributed by atoms with Gasteiger partial charge in [0, 0.05) is 23.1 Å². The molecule has 182 valence electrons. The normalized spacial score (nSPS) is 18.5. The van der Waals surface area contributed by atoms with Gasteiger partial charge in [0.2, 0.25) is 5.91 Å². The van der Waals surface area contributed by atoms with E-state index in [9.17, 15) is 9.59 Å². The predicted octanol–water partition coefficient (Wildman–Crippen LogP) is 4.40. The molecule has 35 heavy (non-hydrogen) atoms. The van der Waals surface area contributed by atoms with E-state index >= 15 is 0 Å². The zero-order valence-electron chi connectivity index (χ0n) is 20.3. The summed E-state index contributed by atoms with van der Waals surface area (Å²) in [6, 6.07) is 9.35. The number of rotatable bonds is 9. The highest BCUT2D eigenvalue weighted by molar-refractivity contribution is 6.01. The van der Waals surface area contributed by atoms with Crippen LogP contribution >= 0.6 is 0 Å². The number of hydrogen-bond acceptors (Lipinski definition) is 4. The first-order valence-corrected chi connectivity index (χ1v) is 12.8. The highest BCUT2D eigenvalue weighted by Crippen LogP contribution is 2.51. The van der Waals surface area contributed by atoms with Crippen LogP contribution in [-0.2, 0) is 4.79 Å². The number of aryl methyl sites for hydroxylation is 2. The minimum atomic E-state index is -0.553. The van der Waals surface area contributed by atoms with E-state index < -0.39 is 6.04 Å². The lowest BCUT2D eigenvalue weighted by atomic mass is 9.88. The molecule has 8 heteroatoms. The largest absolute Gasteiger partial charge is 0.339 e. The van der Waals surface area contributed by atoms with Crippen molar-refractivity contribution in [3.63, 3.8) is 0 Å². The Labute approximate surface area is 204 Å². The van der Waals surface area contributed by atoms with Crippen LogP contribution in [0, 0.1) is 31.6 Å². The van der Waals surface area contributed by atoms with Crippen LogP contribution in [0.15, 0.2) is 36.5 Å². The van der Waals surface area contributed by atoms with Gasteiger partial charge in [-0.25, -0.2) is 0 Å². The van der Waals surface area contributed by atoms with Crippen molar-refractivity contribution < 1.29 is 9.59 Å². The van der Waals surface area contributed by atoms with Gasteiger partial charge in [-0.15, -0.1) is 0 Å². The minimum Gasteiger partial charge on any atom is -0.339 e. The van der Waals surface area contributed by atoms with Crippen molar-refractivity contribution in [1.29, 1.82) is 0 Å². The van der Waals surface area contributed by atoms with Crippen molar-refractivity contribution in [1.82, 2.24) is 25.3 Å². The maximum absolute atomic E-state index is 13.6. The number of carbonyl (C=O) groups excluding carboxylic acids is 2. The van der Waals surface area contributed by atoms with E-state index in [0.717, 1.165) is 66.7 Å². The molecule has 0 saturated heterocycles. The summed E-state index contributed by atoms with van der Waals surface area (Å²) >= 11 is 0. The van der Waals surface area contributed by atoms with Gasteiger partial charge in [-0.3, -0.25) is 19.4 Å². The Bertz CT molecular complexity index is 1220. The van der Waals surface area contributed by atoms with Gasteiger partial charge in [0.05, 0.1) is 11.7 Å². The number of benzene rings is 1. The topological polar surface area (TPSA) is 105 Å². The van der Waals surface area contributed by atoms with Gasteiger partial charge in [0.1, 0.15) is 11.7 Å². The van der Waals surface area contributed by atoms with Crippen LogP contribution < -0.4 is 10.6 Å². The van der Waals surface area contributed by atoms with E-state index in [1.807, 2.05) is 42.8 Å². The molecule has 3 aliphatic rings. The first-order valence-electron chi connectivity index (χ1n) is 12.8. The zero-order chi connectivity index (χ0) is 24.1. The number of hydrogen-bond donors (Lipinski definition) is 3. The van der Waals surface area contributed by atoms with Crippen LogP contribution in [0.3, 0.4) is 0 Å². The molecule has 3 fully saturated rings. The van der Waals surface area contributed by atoms with Crippen molar-refractivity contribution >= 4 is 17.5 Å². The Balaban J connectivity index is 1.22. The first-order chi connectivity index (χ1) is 17.0. The lowest BCUT2D eigenvalue weighted by Crippen LogP contribution is -2.50. The molecule has 0 aliphatic heterocycles. The van der Waals surface area contributed by atoms with Gasteiger partial charge in [0.25, 0.3) is 5.91 Å². The molecular formula is C27H32N6O2. The van der Waals surface area contributed by atoms with Gasteiger partial charge in [0.15, 0.2) is 0 Å². The maximum Gasteiger partial charge on any atom is 0.270 e. The quantitative estimate of drug-likeness (QED) is 0.429. The van der Waals surface area contributed by atoms with Crippen molar-refractivity contribution in [2.45, 2.75) is 64.5 Å². The Morgan fingerprint density at radius 1 is 1.00 bits per heavy atom. The molecule has 3 saturated carbocycles. The second kappa shape index (κ2) is 8.66. The van der Waals surface area contributed by atoms with E-state index in [4.69, 9.17) is 0 Å². The van der Waals surface area contributed by atoms with E-state index in [1.165, 1.54) is 0 Å². The van der Waals surface area contributed by atoms with Crippen molar-refractivity contribution in [2.24, 2.45) is 17.8 Å². The number of nitrogens with one attached hydrogen (secondary N) is 3. The third-order valence-electron chi connectivity index (χ3n) is 7.65. The van der Waals surface area contributed by atoms with Gasteiger partial charge in [-0.1, -0.05) is 12.1 Å². The number of anilines is 1. The maximum atomic E-state index is 13.6. The summed E-state index contributed by atoms with van der Waals surface area (Å²) in [7, 11) is 0. The molecule has 3 N–H and O–H groups in total. The summed E-state index contributed by atoms with van der Waals surface area (Å²) in [5, 5.41) is 17.9. The molecule has 2 amide bonds. The molecule has 1 aromatic carbocycles. The molecule has 0 unspecified atom stereocenters. The molecule has 8 nitrogen and oxygen atoms in total. The molecule has 1 atom stereocenters. The third-order valence-corrected chi connectivity index (χ3v) is 7.65. The van der Waals surface area contributed by atoms with Gasteiger partial charge in [-0.05, 0) is 93.9 Å². The van der Waals surface area contributed by atoms with Crippen molar-refractivity contribution in [3.8, 4) is 11.1 Å². The van der Waals surface area contributed by atoms with Crippen LogP contribution in [0.25, 0.3) is 11.1 Å². The molecule has 0 radical (unpaired) electrons.